The average molecular weight is 391 g/mol. The van der Waals surface area contributed by atoms with Crippen LogP contribution >= 0.6 is 0 Å². The van der Waals surface area contributed by atoms with Gasteiger partial charge in [0, 0.05) is 18.9 Å². The van der Waals surface area contributed by atoms with Crippen LogP contribution in [0, 0.1) is 5.82 Å². The fourth-order valence-corrected chi connectivity index (χ4v) is 3.78. The first kappa shape index (κ1) is 17.4. The number of carbonyl (C=O) groups excluding carboxylic acids is 1. The van der Waals surface area contributed by atoms with Crippen LogP contribution in [0.4, 0.5) is 15.9 Å². The first-order chi connectivity index (χ1) is 14.2. The summed E-state index contributed by atoms with van der Waals surface area (Å²) in [6.45, 7) is 0.827. The number of hydrogen-bond donors (Lipinski definition) is 2. The molecule has 8 nitrogen and oxygen atoms in total. The van der Waals surface area contributed by atoms with Gasteiger partial charge in [0.05, 0.1) is 12.2 Å². The highest BCUT2D eigenvalue weighted by Gasteiger charge is 2.28. The van der Waals surface area contributed by atoms with E-state index in [0.29, 0.717) is 11.3 Å². The number of aromatic nitrogens is 5. The van der Waals surface area contributed by atoms with Crippen LogP contribution in [0.25, 0.3) is 5.65 Å². The molecule has 1 aliphatic rings. The second-order valence-electron chi connectivity index (χ2n) is 6.93. The van der Waals surface area contributed by atoms with E-state index in [0.717, 1.165) is 30.8 Å². The highest BCUT2D eigenvalue weighted by Crippen LogP contribution is 2.35. The predicted octanol–water partition coefficient (Wildman–Crippen LogP) is 3.19. The molecule has 0 saturated carbocycles. The van der Waals surface area contributed by atoms with Gasteiger partial charge in [-0.2, -0.15) is 10.2 Å². The Bertz CT molecular complexity index is 1170. The lowest BCUT2D eigenvalue weighted by Gasteiger charge is -2.26. The molecule has 0 radical (unpaired) electrons. The Labute approximate surface area is 165 Å². The van der Waals surface area contributed by atoms with Crippen molar-refractivity contribution in [3.63, 3.8) is 0 Å². The molecule has 5 rings (SSSR count). The topological polar surface area (TPSA) is 91.2 Å². The van der Waals surface area contributed by atoms with Crippen LogP contribution in [0.5, 0.6) is 0 Å². The molecule has 4 aromatic rings. The van der Waals surface area contributed by atoms with Crippen molar-refractivity contribution < 1.29 is 9.18 Å². The van der Waals surface area contributed by atoms with Gasteiger partial charge in [0.2, 0.25) is 0 Å². The van der Waals surface area contributed by atoms with Crippen molar-refractivity contribution in [3.05, 3.63) is 72.1 Å². The molecule has 1 aromatic carbocycles. The zero-order valence-corrected chi connectivity index (χ0v) is 15.4. The minimum Gasteiger partial charge on any atom is -0.349 e. The number of carbonyl (C=O) groups is 1. The number of amides is 1. The maximum Gasteiger partial charge on any atom is 0.276 e. The number of aromatic amines is 1. The Balaban J connectivity index is 1.47. The molecule has 0 bridgehead atoms. The van der Waals surface area contributed by atoms with E-state index < -0.39 is 0 Å². The van der Waals surface area contributed by atoms with Crippen molar-refractivity contribution >= 4 is 23.1 Å². The molecule has 3 aromatic heterocycles. The first-order valence-electron chi connectivity index (χ1n) is 9.37. The number of nitrogens with zero attached hydrogens (tertiary/aromatic N) is 5. The highest BCUT2D eigenvalue weighted by molar-refractivity contribution is 6.04. The van der Waals surface area contributed by atoms with E-state index >= 15 is 0 Å². The van der Waals surface area contributed by atoms with Crippen LogP contribution in [-0.4, -0.2) is 37.2 Å². The van der Waals surface area contributed by atoms with Crippen molar-refractivity contribution in [2.45, 2.75) is 18.9 Å². The van der Waals surface area contributed by atoms with E-state index in [-0.39, 0.29) is 23.5 Å². The molecule has 1 amide bonds. The number of H-pyrrole nitrogens is 1. The summed E-state index contributed by atoms with van der Waals surface area (Å²) in [6.07, 6.45) is 6.88. The van der Waals surface area contributed by atoms with Gasteiger partial charge in [-0.1, -0.05) is 12.1 Å². The molecule has 146 valence electrons. The van der Waals surface area contributed by atoms with Crippen LogP contribution in [0.2, 0.25) is 0 Å². The largest absolute Gasteiger partial charge is 0.349 e. The highest BCUT2D eigenvalue weighted by atomic mass is 19.1. The van der Waals surface area contributed by atoms with Crippen molar-refractivity contribution in [1.29, 1.82) is 0 Å². The van der Waals surface area contributed by atoms with E-state index in [1.54, 1.807) is 35.1 Å². The Morgan fingerprint density at radius 1 is 1.28 bits per heavy atom. The van der Waals surface area contributed by atoms with Gasteiger partial charge in [-0.15, -0.1) is 0 Å². The summed E-state index contributed by atoms with van der Waals surface area (Å²) < 4.78 is 15.3. The van der Waals surface area contributed by atoms with Gasteiger partial charge in [-0.05, 0) is 42.7 Å². The van der Waals surface area contributed by atoms with Gasteiger partial charge < -0.3 is 10.2 Å². The number of benzene rings is 1. The van der Waals surface area contributed by atoms with E-state index in [1.165, 1.54) is 6.07 Å². The molecule has 29 heavy (non-hydrogen) atoms. The Morgan fingerprint density at radius 2 is 2.21 bits per heavy atom. The maximum absolute atomic E-state index is 13.7. The van der Waals surface area contributed by atoms with Gasteiger partial charge in [-0.3, -0.25) is 9.89 Å². The Kier molecular flexibility index (Phi) is 4.19. The number of rotatable bonds is 4. The zero-order chi connectivity index (χ0) is 19.8. The lowest BCUT2D eigenvalue weighted by molar-refractivity contribution is 0.102. The second-order valence-corrected chi connectivity index (χ2v) is 6.93. The van der Waals surface area contributed by atoms with Crippen LogP contribution in [-0.2, 0) is 0 Å². The quantitative estimate of drug-likeness (QED) is 0.558. The summed E-state index contributed by atoms with van der Waals surface area (Å²) in [5, 5.41) is 13.6. The monoisotopic (exact) mass is 391 g/mol. The lowest BCUT2D eigenvalue weighted by Crippen LogP contribution is -2.24. The normalized spacial score (nSPS) is 16.4. The summed E-state index contributed by atoms with van der Waals surface area (Å²) in [6, 6.07) is 10.2. The number of fused-ring (bicyclic) bond motifs is 1. The summed E-state index contributed by atoms with van der Waals surface area (Å²) >= 11 is 0. The fourth-order valence-electron chi connectivity index (χ4n) is 3.78. The molecule has 0 aliphatic carbocycles. The second kappa shape index (κ2) is 7.01. The van der Waals surface area contributed by atoms with Crippen LogP contribution in [0.1, 0.15) is 34.9 Å². The Morgan fingerprint density at radius 3 is 3.03 bits per heavy atom. The summed E-state index contributed by atoms with van der Waals surface area (Å²) in [5.41, 5.74) is 2.26. The number of anilines is 2. The summed E-state index contributed by atoms with van der Waals surface area (Å²) in [4.78, 5) is 19.2. The van der Waals surface area contributed by atoms with E-state index in [9.17, 15) is 9.18 Å². The standard InChI is InChI=1S/C20H18FN7O/c21-14-4-1-3-13(11-14)17-5-2-9-27(17)18-7-10-28-19(25-18)16(12-23-28)24-20(29)15-6-8-22-26-15/h1,3-4,6-8,10-12,17H,2,5,9H2,(H,22,26)(H,24,29)/t17-/m1/s1. The average Bonchev–Trinajstić information content (AvgIpc) is 3.48. The molecule has 1 saturated heterocycles. The fraction of sp³-hybridized carbons (Fsp3) is 0.200. The predicted molar refractivity (Wildman–Crippen MR) is 105 cm³/mol. The SMILES string of the molecule is O=C(Nc1cnn2ccc(N3CCC[C@@H]3c3cccc(F)c3)nc12)c1cc[nH]n1. The molecule has 0 unspecified atom stereocenters. The van der Waals surface area contributed by atoms with E-state index in [1.807, 2.05) is 18.3 Å². The zero-order valence-electron chi connectivity index (χ0n) is 15.4. The van der Waals surface area contributed by atoms with Crippen LogP contribution in [0.15, 0.2) is 55.0 Å². The molecule has 1 aliphatic heterocycles. The Hall–Kier alpha value is -3.75. The van der Waals surface area contributed by atoms with Crippen LogP contribution < -0.4 is 10.2 Å². The molecular formula is C20H18FN7O. The molecule has 1 atom stereocenters. The molecule has 2 N–H and O–H groups in total. The summed E-state index contributed by atoms with van der Waals surface area (Å²) in [7, 11) is 0. The third-order valence-corrected chi connectivity index (χ3v) is 5.12. The van der Waals surface area contributed by atoms with Gasteiger partial charge in [0.25, 0.3) is 5.91 Å². The third kappa shape index (κ3) is 3.20. The number of halogens is 1. The molecule has 0 spiro atoms. The van der Waals surface area contributed by atoms with Crippen molar-refractivity contribution in [2.75, 3.05) is 16.8 Å². The van der Waals surface area contributed by atoms with Gasteiger partial charge in [0.1, 0.15) is 23.0 Å². The number of hydrogen-bond acceptors (Lipinski definition) is 5. The smallest absolute Gasteiger partial charge is 0.276 e. The molecule has 9 heteroatoms. The molecular weight excluding hydrogens is 373 g/mol. The van der Waals surface area contributed by atoms with Crippen LogP contribution in [0.3, 0.4) is 0 Å². The minimum absolute atomic E-state index is 0.0608. The number of nitrogens with one attached hydrogen (secondary N) is 2. The van der Waals surface area contributed by atoms with Crippen molar-refractivity contribution in [1.82, 2.24) is 24.8 Å². The first-order valence-corrected chi connectivity index (χ1v) is 9.37. The molecule has 1 fully saturated rings. The van der Waals surface area contributed by atoms with Gasteiger partial charge >= 0.3 is 0 Å². The van der Waals surface area contributed by atoms with Gasteiger partial charge in [-0.25, -0.2) is 13.9 Å². The third-order valence-electron chi connectivity index (χ3n) is 5.12. The van der Waals surface area contributed by atoms with Gasteiger partial charge in [0.15, 0.2) is 5.65 Å². The van der Waals surface area contributed by atoms with E-state index in [2.05, 4.69) is 25.5 Å². The lowest BCUT2D eigenvalue weighted by atomic mass is 10.0. The maximum atomic E-state index is 13.7. The molecule has 4 heterocycles. The summed E-state index contributed by atoms with van der Waals surface area (Å²) in [5.74, 6) is 0.184. The van der Waals surface area contributed by atoms with Crippen molar-refractivity contribution in [3.8, 4) is 0 Å². The minimum atomic E-state index is -0.341. The van der Waals surface area contributed by atoms with Crippen molar-refractivity contribution in [2.24, 2.45) is 0 Å². The van der Waals surface area contributed by atoms with E-state index in [4.69, 9.17) is 4.98 Å².